The van der Waals surface area contributed by atoms with Crippen LogP contribution in [-0.4, -0.2) is 49.8 Å². The van der Waals surface area contributed by atoms with E-state index in [-0.39, 0.29) is 0 Å². The van der Waals surface area contributed by atoms with Crippen LogP contribution < -0.4 is 5.32 Å². The van der Waals surface area contributed by atoms with E-state index in [0.717, 1.165) is 38.4 Å². The van der Waals surface area contributed by atoms with Gasteiger partial charge in [-0.25, -0.2) is 4.98 Å². The second-order valence-electron chi connectivity index (χ2n) is 4.68. The van der Waals surface area contributed by atoms with Gasteiger partial charge in [0.2, 0.25) is 0 Å². The number of methoxy groups -OCH3 is 1. The molecule has 0 aliphatic rings. The SMILES string of the molecule is COCCCNCC(C)N(C)Cc1scnc1C. The van der Waals surface area contributed by atoms with Crippen LogP contribution in [0.15, 0.2) is 5.51 Å². The van der Waals surface area contributed by atoms with Crippen molar-refractivity contribution in [3.63, 3.8) is 0 Å². The lowest BCUT2D eigenvalue weighted by Gasteiger charge is -2.24. The van der Waals surface area contributed by atoms with E-state index in [0.29, 0.717) is 6.04 Å². The van der Waals surface area contributed by atoms with Crippen LogP contribution in [0.4, 0.5) is 0 Å². The quantitative estimate of drug-likeness (QED) is 0.696. The van der Waals surface area contributed by atoms with Crippen molar-refractivity contribution in [3.8, 4) is 0 Å². The molecule has 1 aromatic rings. The van der Waals surface area contributed by atoms with Crippen LogP contribution in [0, 0.1) is 6.92 Å². The van der Waals surface area contributed by atoms with E-state index in [1.54, 1.807) is 18.4 Å². The van der Waals surface area contributed by atoms with Gasteiger partial charge in [-0.15, -0.1) is 11.3 Å². The minimum Gasteiger partial charge on any atom is -0.385 e. The van der Waals surface area contributed by atoms with Crippen molar-refractivity contribution in [1.29, 1.82) is 0 Å². The number of thiazole rings is 1. The van der Waals surface area contributed by atoms with Gasteiger partial charge in [-0.1, -0.05) is 0 Å². The van der Waals surface area contributed by atoms with Gasteiger partial charge in [0.05, 0.1) is 11.2 Å². The Labute approximate surface area is 114 Å². The number of nitrogens with one attached hydrogen (secondary N) is 1. The summed E-state index contributed by atoms with van der Waals surface area (Å²) < 4.78 is 5.02. The van der Waals surface area contributed by atoms with Gasteiger partial charge in [-0.2, -0.15) is 0 Å². The van der Waals surface area contributed by atoms with Gasteiger partial charge in [-0.05, 0) is 33.9 Å². The zero-order valence-electron chi connectivity index (χ0n) is 11.9. The van der Waals surface area contributed by atoms with Crippen molar-refractivity contribution in [1.82, 2.24) is 15.2 Å². The second kappa shape index (κ2) is 8.58. The average molecular weight is 271 g/mol. The summed E-state index contributed by atoms with van der Waals surface area (Å²) in [6, 6.07) is 0.522. The van der Waals surface area contributed by atoms with E-state index in [9.17, 15) is 0 Å². The number of aryl methyl sites for hydroxylation is 1. The van der Waals surface area contributed by atoms with Crippen molar-refractivity contribution in [2.45, 2.75) is 32.9 Å². The van der Waals surface area contributed by atoms with E-state index in [1.165, 1.54) is 4.88 Å². The lowest BCUT2D eigenvalue weighted by molar-refractivity contribution is 0.191. The van der Waals surface area contributed by atoms with Crippen molar-refractivity contribution >= 4 is 11.3 Å². The minimum absolute atomic E-state index is 0.522. The highest BCUT2D eigenvalue weighted by atomic mass is 32.1. The molecule has 0 saturated heterocycles. The number of rotatable bonds is 9. The number of nitrogens with zero attached hydrogens (tertiary/aromatic N) is 2. The highest BCUT2D eigenvalue weighted by Gasteiger charge is 2.11. The summed E-state index contributed by atoms with van der Waals surface area (Å²) in [5, 5.41) is 3.46. The summed E-state index contributed by atoms with van der Waals surface area (Å²) in [7, 11) is 3.91. The van der Waals surface area contributed by atoms with Crippen molar-refractivity contribution in [2.24, 2.45) is 0 Å². The molecule has 0 aromatic carbocycles. The number of hydrogen-bond acceptors (Lipinski definition) is 5. The Morgan fingerprint density at radius 3 is 2.94 bits per heavy atom. The third-order valence-corrected chi connectivity index (χ3v) is 4.05. The van der Waals surface area contributed by atoms with E-state index >= 15 is 0 Å². The Morgan fingerprint density at radius 2 is 2.33 bits per heavy atom. The first-order valence-corrected chi connectivity index (χ1v) is 7.32. The van der Waals surface area contributed by atoms with Gasteiger partial charge in [-0.3, -0.25) is 4.90 Å². The Balaban J connectivity index is 2.20. The molecule has 4 nitrogen and oxygen atoms in total. The molecule has 0 amide bonds. The molecule has 0 bridgehead atoms. The molecule has 0 aliphatic heterocycles. The molecule has 0 fully saturated rings. The summed E-state index contributed by atoms with van der Waals surface area (Å²) in [4.78, 5) is 8.02. The molecule has 1 atom stereocenters. The van der Waals surface area contributed by atoms with Gasteiger partial charge in [0.15, 0.2) is 0 Å². The molecular weight excluding hydrogens is 246 g/mol. The van der Waals surface area contributed by atoms with Crippen LogP contribution in [-0.2, 0) is 11.3 Å². The smallest absolute Gasteiger partial charge is 0.0798 e. The van der Waals surface area contributed by atoms with E-state index < -0.39 is 0 Å². The first-order chi connectivity index (χ1) is 8.65. The zero-order chi connectivity index (χ0) is 13.4. The predicted octanol–water partition coefficient (Wildman–Crippen LogP) is 1.90. The van der Waals surface area contributed by atoms with E-state index in [1.807, 2.05) is 5.51 Å². The minimum atomic E-state index is 0.522. The van der Waals surface area contributed by atoms with Gasteiger partial charge in [0, 0.05) is 37.7 Å². The summed E-state index contributed by atoms with van der Waals surface area (Å²) >= 11 is 1.74. The monoisotopic (exact) mass is 271 g/mol. The normalized spacial score (nSPS) is 13.2. The molecule has 1 unspecified atom stereocenters. The van der Waals surface area contributed by atoms with Crippen LogP contribution in [0.3, 0.4) is 0 Å². The van der Waals surface area contributed by atoms with Crippen molar-refractivity contribution in [3.05, 3.63) is 16.1 Å². The fraction of sp³-hybridized carbons (Fsp3) is 0.769. The topological polar surface area (TPSA) is 37.4 Å². The molecule has 1 rings (SSSR count). The van der Waals surface area contributed by atoms with Crippen LogP contribution in [0.2, 0.25) is 0 Å². The fourth-order valence-electron chi connectivity index (χ4n) is 1.67. The molecule has 0 spiro atoms. The highest BCUT2D eigenvalue weighted by Crippen LogP contribution is 2.15. The maximum atomic E-state index is 5.02. The van der Waals surface area contributed by atoms with Crippen LogP contribution in [0.1, 0.15) is 23.9 Å². The molecule has 1 aromatic heterocycles. The first kappa shape index (κ1) is 15.6. The predicted molar refractivity (Wildman–Crippen MR) is 77.1 cm³/mol. The number of ether oxygens (including phenoxy) is 1. The number of hydrogen-bond donors (Lipinski definition) is 1. The van der Waals surface area contributed by atoms with Gasteiger partial charge >= 0.3 is 0 Å². The maximum absolute atomic E-state index is 5.02. The first-order valence-electron chi connectivity index (χ1n) is 6.44. The molecule has 104 valence electrons. The molecule has 18 heavy (non-hydrogen) atoms. The molecule has 5 heteroatoms. The van der Waals surface area contributed by atoms with Crippen molar-refractivity contribution in [2.75, 3.05) is 33.9 Å². The fourth-order valence-corrected chi connectivity index (χ4v) is 2.51. The molecule has 0 saturated carbocycles. The maximum Gasteiger partial charge on any atom is 0.0798 e. The third-order valence-electron chi connectivity index (χ3n) is 3.13. The van der Waals surface area contributed by atoms with Gasteiger partial charge in [0.1, 0.15) is 0 Å². The second-order valence-corrected chi connectivity index (χ2v) is 5.61. The Bertz CT molecular complexity index is 330. The van der Waals surface area contributed by atoms with Gasteiger partial charge in [0.25, 0.3) is 0 Å². The van der Waals surface area contributed by atoms with Crippen LogP contribution in [0.25, 0.3) is 0 Å². The molecule has 1 N–H and O–H groups in total. The van der Waals surface area contributed by atoms with E-state index in [2.05, 4.69) is 36.1 Å². The highest BCUT2D eigenvalue weighted by molar-refractivity contribution is 7.09. The molecule has 0 radical (unpaired) electrons. The number of aromatic nitrogens is 1. The zero-order valence-corrected chi connectivity index (χ0v) is 12.7. The Hall–Kier alpha value is -0.490. The lowest BCUT2D eigenvalue weighted by atomic mass is 10.2. The summed E-state index contributed by atoms with van der Waals surface area (Å²) in [5.74, 6) is 0. The standard InChI is InChI=1S/C13H25N3OS/c1-11(8-14-6-5-7-17-4)16(3)9-13-12(2)15-10-18-13/h10-11,14H,5-9H2,1-4H3. The average Bonchev–Trinajstić information content (AvgIpc) is 2.74. The number of likely N-dealkylation sites (N-methyl/N-ethyl adjacent to an activating group) is 1. The summed E-state index contributed by atoms with van der Waals surface area (Å²) in [5.41, 5.74) is 3.08. The molecule has 1 heterocycles. The van der Waals surface area contributed by atoms with Gasteiger partial charge < -0.3 is 10.1 Å². The van der Waals surface area contributed by atoms with Crippen LogP contribution >= 0.6 is 11.3 Å². The molecule has 0 aliphatic carbocycles. The van der Waals surface area contributed by atoms with E-state index in [4.69, 9.17) is 4.74 Å². The molecular formula is C13H25N3OS. The third kappa shape index (κ3) is 5.44. The largest absolute Gasteiger partial charge is 0.385 e. The Kier molecular flexibility index (Phi) is 7.42. The van der Waals surface area contributed by atoms with Crippen LogP contribution in [0.5, 0.6) is 0 Å². The van der Waals surface area contributed by atoms with Crippen molar-refractivity contribution < 1.29 is 4.74 Å². The summed E-state index contributed by atoms with van der Waals surface area (Å²) in [6.45, 7) is 8.17. The Morgan fingerprint density at radius 1 is 1.56 bits per heavy atom. The lowest BCUT2D eigenvalue weighted by Crippen LogP contribution is -2.37. The summed E-state index contributed by atoms with van der Waals surface area (Å²) in [6.07, 6.45) is 1.07.